The van der Waals surface area contributed by atoms with E-state index in [4.69, 9.17) is 0 Å². The van der Waals surface area contributed by atoms with Crippen LogP contribution in [0.3, 0.4) is 0 Å². The van der Waals surface area contributed by atoms with Gasteiger partial charge in [-0.1, -0.05) is 18.2 Å². The first-order valence-electron chi connectivity index (χ1n) is 3.82. The zero-order chi connectivity index (χ0) is 9.40. The Morgan fingerprint density at radius 1 is 1.17 bits per heavy atom. The van der Waals surface area contributed by atoms with E-state index in [0.29, 0.717) is 0 Å². The standard InChI is InChI=1S/C8H11N.CH6N2/c1-9(2)8-6-4-3-5-7-8;1-3-2/h3-7H,1-2H3;3H,2H2,1H3. The Labute approximate surface area is 74.2 Å². The van der Waals surface area contributed by atoms with E-state index < -0.39 is 0 Å². The molecule has 0 bridgehead atoms. The molecule has 3 nitrogen and oxygen atoms in total. The first kappa shape index (κ1) is 10.9. The Balaban J connectivity index is 0.000000354. The topological polar surface area (TPSA) is 41.3 Å². The van der Waals surface area contributed by atoms with E-state index in [-0.39, 0.29) is 0 Å². The number of nitrogens with zero attached hydrogens (tertiary/aromatic N) is 1. The average Bonchev–Trinajstić information content (AvgIpc) is 2.07. The summed E-state index contributed by atoms with van der Waals surface area (Å²) in [6.45, 7) is 0. The maximum atomic E-state index is 4.60. The monoisotopic (exact) mass is 167 g/mol. The first-order valence-corrected chi connectivity index (χ1v) is 3.82. The van der Waals surface area contributed by atoms with Crippen molar-refractivity contribution in [2.45, 2.75) is 0 Å². The van der Waals surface area contributed by atoms with Crippen molar-refractivity contribution < 1.29 is 0 Å². The van der Waals surface area contributed by atoms with Gasteiger partial charge in [-0.05, 0) is 19.2 Å². The highest BCUT2D eigenvalue weighted by atomic mass is 15.2. The van der Waals surface area contributed by atoms with Gasteiger partial charge in [0, 0.05) is 19.8 Å². The van der Waals surface area contributed by atoms with Crippen LogP contribution in [0.15, 0.2) is 30.3 Å². The van der Waals surface area contributed by atoms with Crippen LogP contribution in [-0.2, 0) is 0 Å². The molecule has 0 amide bonds. The van der Waals surface area contributed by atoms with Gasteiger partial charge < -0.3 is 4.90 Å². The number of nitrogens with two attached hydrogens (primary N) is 1. The van der Waals surface area contributed by atoms with Crippen molar-refractivity contribution in [3.8, 4) is 0 Å². The maximum absolute atomic E-state index is 4.60. The van der Waals surface area contributed by atoms with Crippen molar-refractivity contribution in [1.29, 1.82) is 0 Å². The number of nitrogens with one attached hydrogen (secondary N) is 1. The number of hydrogen-bond donors (Lipinski definition) is 2. The van der Waals surface area contributed by atoms with Crippen molar-refractivity contribution in [3.05, 3.63) is 30.3 Å². The quantitative estimate of drug-likeness (QED) is 0.481. The molecule has 0 aromatic heterocycles. The number of para-hydroxylation sites is 1. The predicted molar refractivity (Wildman–Crippen MR) is 54.0 cm³/mol. The number of rotatable bonds is 1. The fraction of sp³-hybridized carbons (Fsp3) is 0.333. The molecule has 0 aliphatic rings. The van der Waals surface area contributed by atoms with Crippen LogP contribution in [-0.4, -0.2) is 21.1 Å². The molecule has 0 heterocycles. The lowest BCUT2D eigenvalue weighted by atomic mass is 10.3. The summed E-state index contributed by atoms with van der Waals surface area (Å²) in [5.41, 5.74) is 3.50. The van der Waals surface area contributed by atoms with Gasteiger partial charge in [0.1, 0.15) is 0 Å². The average molecular weight is 167 g/mol. The lowest BCUT2D eigenvalue weighted by molar-refractivity contribution is 0.900. The summed E-state index contributed by atoms with van der Waals surface area (Å²) < 4.78 is 0. The highest BCUT2D eigenvalue weighted by Crippen LogP contribution is 2.07. The van der Waals surface area contributed by atoms with Crippen LogP contribution in [0.4, 0.5) is 5.69 Å². The molecular weight excluding hydrogens is 150 g/mol. The summed E-state index contributed by atoms with van der Waals surface area (Å²) >= 11 is 0. The lowest BCUT2D eigenvalue weighted by Crippen LogP contribution is -2.13. The molecule has 0 atom stereocenters. The number of benzene rings is 1. The third kappa shape index (κ3) is 4.71. The maximum Gasteiger partial charge on any atom is 0.0360 e. The normalized spacial score (nSPS) is 8.33. The van der Waals surface area contributed by atoms with Crippen LogP contribution in [0.2, 0.25) is 0 Å². The molecule has 12 heavy (non-hydrogen) atoms. The summed E-state index contributed by atoms with van der Waals surface area (Å²) in [6, 6.07) is 10.3. The minimum Gasteiger partial charge on any atom is -0.378 e. The molecule has 0 saturated carbocycles. The van der Waals surface area contributed by atoms with E-state index in [2.05, 4.69) is 28.3 Å². The highest BCUT2D eigenvalue weighted by molar-refractivity contribution is 5.43. The Morgan fingerprint density at radius 2 is 1.58 bits per heavy atom. The van der Waals surface area contributed by atoms with Crippen LogP contribution in [0.1, 0.15) is 0 Å². The highest BCUT2D eigenvalue weighted by Gasteiger charge is 1.87. The number of hydrogen-bond acceptors (Lipinski definition) is 3. The summed E-state index contributed by atoms with van der Waals surface area (Å²) in [5, 5.41) is 0. The molecule has 68 valence electrons. The third-order valence-corrected chi connectivity index (χ3v) is 1.27. The summed E-state index contributed by atoms with van der Waals surface area (Å²) in [7, 11) is 5.73. The second-order valence-electron chi connectivity index (χ2n) is 2.52. The van der Waals surface area contributed by atoms with Gasteiger partial charge in [-0.15, -0.1) is 0 Å². The van der Waals surface area contributed by atoms with Crippen LogP contribution >= 0.6 is 0 Å². The van der Waals surface area contributed by atoms with Crippen LogP contribution < -0.4 is 16.2 Å². The molecule has 0 aliphatic carbocycles. The second kappa shape index (κ2) is 6.64. The molecule has 1 aromatic carbocycles. The largest absolute Gasteiger partial charge is 0.378 e. The van der Waals surface area contributed by atoms with Gasteiger partial charge in [-0.25, -0.2) is 0 Å². The molecule has 3 heteroatoms. The lowest BCUT2D eigenvalue weighted by Gasteiger charge is -2.10. The molecule has 1 aromatic rings. The van der Waals surface area contributed by atoms with E-state index in [9.17, 15) is 0 Å². The molecule has 1 rings (SSSR count). The van der Waals surface area contributed by atoms with Gasteiger partial charge in [0.15, 0.2) is 0 Å². The molecule has 0 saturated heterocycles. The van der Waals surface area contributed by atoms with Crippen molar-refractivity contribution in [2.75, 3.05) is 26.0 Å². The number of anilines is 1. The van der Waals surface area contributed by atoms with E-state index >= 15 is 0 Å². The zero-order valence-corrected chi connectivity index (χ0v) is 7.91. The van der Waals surface area contributed by atoms with Crippen molar-refractivity contribution in [2.24, 2.45) is 5.84 Å². The molecule has 0 fully saturated rings. The Hall–Kier alpha value is -1.06. The Morgan fingerprint density at radius 3 is 1.83 bits per heavy atom. The molecule has 0 radical (unpaired) electrons. The van der Waals surface area contributed by atoms with Crippen LogP contribution in [0.5, 0.6) is 0 Å². The zero-order valence-electron chi connectivity index (χ0n) is 7.91. The van der Waals surface area contributed by atoms with Crippen molar-refractivity contribution in [3.63, 3.8) is 0 Å². The van der Waals surface area contributed by atoms with Gasteiger partial charge >= 0.3 is 0 Å². The molecule has 0 aliphatic heterocycles. The summed E-state index contributed by atoms with van der Waals surface area (Å²) in [5.74, 6) is 4.60. The predicted octanol–water partition coefficient (Wildman–Crippen LogP) is 0.832. The molecule has 3 N–H and O–H groups in total. The van der Waals surface area contributed by atoms with Gasteiger partial charge in [-0.3, -0.25) is 11.3 Å². The Kier molecular flexibility index (Phi) is 6.05. The smallest absolute Gasteiger partial charge is 0.0360 e. The van der Waals surface area contributed by atoms with Crippen molar-refractivity contribution >= 4 is 5.69 Å². The van der Waals surface area contributed by atoms with E-state index in [1.807, 2.05) is 32.3 Å². The molecule has 0 spiro atoms. The van der Waals surface area contributed by atoms with E-state index in [0.717, 1.165) is 0 Å². The summed E-state index contributed by atoms with van der Waals surface area (Å²) in [6.07, 6.45) is 0. The SMILES string of the molecule is CN(C)c1ccccc1.CNN. The van der Waals surface area contributed by atoms with Crippen LogP contribution in [0, 0.1) is 0 Å². The molecule has 0 unspecified atom stereocenters. The van der Waals surface area contributed by atoms with E-state index in [1.54, 1.807) is 7.05 Å². The fourth-order valence-electron chi connectivity index (χ4n) is 0.726. The molecular formula is C9H17N3. The summed E-state index contributed by atoms with van der Waals surface area (Å²) in [4.78, 5) is 2.08. The van der Waals surface area contributed by atoms with E-state index in [1.165, 1.54) is 5.69 Å². The van der Waals surface area contributed by atoms with Gasteiger partial charge in [0.25, 0.3) is 0 Å². The number of hydrazine groups is 1. The second-order valence-corrected chi connectivity index (χ2v) is 2.52. The van der Waals surface area contributed by atoms with Crippen molar-refractivity contribution in [1.82, 2.24) is 5.43 Å². The minimum absolute atomic E-state index is 1.25. The van der Waals surface area contributed by atoms with Crippen LogP contribution in [0.25, 0.3) is 0 Å². The third-order valence-electron chi connectivity index (χ3n) is 1.27. The van der Waals surface area contributed by atoms with Gasteiger partial charge in [0.05, 0.1) is 0 Å². The fourth-order valence-corrected chi connectivity index (χ4v) is 0.726. The Bertz CT molecular complexity index is 184. The van der Waals surface area contributed by atoms with Gasteiger partial charge in [0.2, 0.25) is 0 Å². The minimum atomic E-state index is 1.25. The van der Waals surface area contributed by atoms with Gasteiger partial charge in [-0.2, -0.15) is 0 Å². The first-order chi connectivity index (χ1) is 5.72.